The van der Waals surface area contributed by atoms with Crippen molar-refractivity contribution in [2.45, 2.75) is 52.4 Å². The van der Waals surface area contributed by atoms with Gasteiger partial charge in [0, 0.05) is 32.8 Å². The van der Waals surface area contributed by atoms with Crippen molar-refractivity contribution in [1.82, 2.24) is 10.2 Å². The van der Waals surface area contributed by atoms with Crippen molar-refractivity contribution >= 4 is 6.03 Å². The molecule has 4 nitrogen and oxygen atoms in total. The van der Waals surface area contributed by atoms with E-state index in [0.29, 0.717) is 5.92 Å². The van der Waals surface area contributed by atoms with E-state index in [1.165, 1.54) is 0 Å². The van der Waals surface area contributed by atoms with Gasteiger partial charge in [0.1, 0.15) is 0 Å². The lowest BCUT2D eigenvalue weighted by Gasteiger charge is -2.26. The number of nitrogens with one attached hydrogen (secondary N) is 1. The number of rotatable bonds is 8. The lowest BCUT2D eigenvalue weighted by molar-refractivity contribution is 0.0664. The Labute approximate surface area is 117 Å². The number of nitrogens with zero attached hydrogens (tertiary/aromatic N) is 1. The lowest BCUT2D eigenvalue weighted by atomic mass is 10.0. The maximum atomic E-state index is 12.2. The molecule has 1 aliphatic rings. The first kappa shape index (κ1) is 16.3. The number of ether oxygens (including phenoxy) is 1. The van der Waals surface area contributed by atoms with Crippen LogP contribution in [0.3, 0.4) is 0 Å². The molecule has 1 rings (SSSR count). The van der Waals surface area contributed by atoms with Crippen LogP contribution in [-0.4, -0.2) is 43.8 Å². The van der Waals surface area contributed by atoms with Crippen molar-refractivity contribution in [2.24, 2.45) is 5.92 Å². The molecule has 1 aliphatic heterocycles. The Bertz CT molecular complexity index is 232. The van der Waals surface area contributed by atoms with Crippen molar-refractivity contribution in [3.63, 3.8) is 0 Å². The molecule has 4 heteroatoms. The highest BCUT2D eigenvalue weighted by Crippen LogP contribution is 2.13. The first-order valence-corrected chi connectivity index (χ1v) is 7.88. The molecule has 0 aliphatic carbocycles. The van der Waals surface area contributed by atoms with E-state index in [-0.39, 0.29) is 6.03 Å². The van der Waals surface area contributed by atoms with E-state index >= 15 is 0 Å². The Morgan fingerprint density at radius 2 is 1.74 bits per heavy atom. The third-order valence-corrected chi connectivity index (χ3v) is 3.73. The monoisotopic (exact) mass is 270 g/mol. The first-order chi connectivity index (χ1) is 9.27. The van der Waals surface area contributed by atoms with Crippen LogP contribution in [0.1, 0.15) is 52.4 Å². The predicted octanol–water partition coefficient (Wildman–Crippen LogP) is 3.02. The average Bonchev–Trinajstić information content (AvgIpc) is 2.46. The standard InChI is InChI=1S/C15H30N2O2/c1-3-5-9-17(10-6-4-2)15(18)16-13-14-7-11-19-12-8-14/h14H,3-13H2,1-2H3,(H,16,18). The van der Waals surface area contributed by atoms with Crippen LogP contribution in [-0.2, 0) is 4.74 Å². The molecule has 0 unspecified atom stereocenters. The van der Waals surface area contributed by atoms with Gasteiger partial charge in [-0.05, 0) is 31.6 Å². The zero-order chi connectivity index (χ0) is 13.9. The van der Waals surface area contributed by atoms with E-state index < -0.39 is 0 Å². The number of unbranched alkanes of at least 4 members (excludes halogenated alkanes) is 2. The van der Waals surface area contributed by atoms with Gasteiger partial charge in [-0.25, -0.2) is 4.79 Å². The van der Waals surface area contributed by atoms with Gasteiger partial charge in [0.25, 0.3) is 0 Å². The molecule has 0 saturated carbocycles. The summed E-state index contributed by atoms with van der Waals surface area (Å²) in [6, 6.07) is 0.119. The second-order valence-corrected chi connectivity index (χ2v) is 5.44. The van der Waals surface area contributed by atoms with Crippen molar-refractivity contribution in [3.8, 4) is 0 Å². The molecule has 1 fully saturated rings. The van der Waals surface area contributed by atoms with Crippen LogP contribution in [0.15, 0.2) is 0 Å². The summed E-state index contributed by atoms with van der Waals surface area (Å²) < 4.78 is 5.34. The highest BCUT2D eigenvalue weighted by Gasteiger charge is 2.17. The number of urea groups is 1. The summed E-state index contributed by atoms with van der Waals surface area (Å²) in [6.07, 6.45) is 6.60. The molecular weight excluding hydrogens is 240 g/mol. The number of hydrogen-bond donors (Lipinski definition) is 1. The number of hydrogen-bond acceptors (Lipinski definition) is 2. The van der Waals surface area contributed by atoms with Gasteiger partial charge in [-0.1, -0.05) is 26.7 Å². The number of carbonyl (C=O) groups is 1. The minimum Gasteiger partial charge on any atom is -0.381 e. The van der Waals surface area contributed by atoms with Crippen LogP contribution in [0.2, 0.25) is 0 Å². The van der Waals surface area contributed by atoms with Crippen molar-refractivity contribution < 1.29 is 9.53 Å². The summed E-state index contributed by atoms with van der Waals surface area (Å²) in [5.74, 6) is 0.594. The molecule has 0 atom stereocenters. The maximum Gasteiger partial charge on any atom is 0.317 e. The molecule has 0 radical (unpaired) electrons. The zero-order valence-electron chi connectivity index (χ0n) is 12.6. The van der Waals surface area contributed by atoms with Crippen LogP contribution >= 0.6 is 0 Å². The quantitative estimate of drug-likeness (QED) is 0.736. The van der Waals surface area contributed by atoms with E-state index in [9.17, 15) is 4.79 Å². The van der Waals surface area contributed by atoms with Crippen LogP contribution in [0, 0.1) is 5.92 Å². The van der Waals surface area contributed by atoms with E-state index in [1.807, 2.05) is 4.90 Å². The molecule has 112 valence electrons. The summed E-state index contributed by atoms with van der Waals surface area (Å²) in [7, 11) is 0. The third kappa shape index (κ3) is 6.81. The largest absolute Gasteiger partial charge is 0.381 e. The Morgan fingerprint density at radius 1 is 1.16 bits per heavy atom. The highest BCUT2D eigenvalue weighted by atomic mass is 16.5. The molecular formula is C15H30N2O2. The highest BCUT2D eigenvalue weighted by molar-refractivity contribution is 5.74. The normalized spacial score (nSPS) is 16.3. The SMILES string of the molecule is CCCCN(CCCC)C(=O)NCC1CCOCC1. The van der Waals surface area contributed by atoms with Crippen LogP contribution in [0.4, 0.5) is 4.79 Å². The van der Waals surface area contributed by atoms with Crippen molar-refractivity contribution in [1.29, 1.82) is 0 Å². The third-order valence-electron chi connectivity index (χ3n) is 3.73. The lowest BCUT2D eigenvalue weighted by Crippen LogP contribution is -2.43. The second kappa shape index (κ2) is 10.1. The van der Waals surface area contributed by atoms with E-state index in [0.717, 1.165) is 71.4 Å². The molecule has 2 amide bonds. The van der Waals surface area contributed by atoms with Gasteiger partial charge in [0.2, 0.25) is 0 Å². The van der Waals surface area contributed by atoms with Gasteiger partial charge in [-0.2, -0.15) is 0 Å². The summed E-state index contributed by atoms with van der Waals surface area (Å²) in [6.45, 7) is 8.59. The summed E-state index contributed by atoms with van der Waals surface area (Å²) in [4.78, 5) is 14.2. The fraction of sp³-hybridized carbons (Fsp3) is 0.933. The second-order valence-electron chi connectivity index (χ2n) is 5.44. The van der Waals surface area contributed by atoms with Gasteiger partial charge in [0.05, 0.1) is 0 Å². The van der Waals surface area contributed by atoms with Crippen molar-refractivity contribution in [3.05, 3.63) is 0 Å². The number of carbonyl (C=O) groups excluding carboxylic acids is 1. The molecule has 0 aromatic heterocycles. The molecule has 1 N–H and O–H groups in total. The Kier molecular flexibility index (Phi) is 8.63. The summed E-state index contributed by atoms with van der Waals surface area (Å²) in [5, 5.41) is 3.10. The van der Waals surface area contributed by atoms with E-state index in [4.69, 9.17) is 4.74 Å². The number of amides is 2. The maximum absolute atomic E-state index is 12.2. The first-order valence-electron chi connectivity index (χ1n) is 7.88. The van der Waals surface area contributed by atoms with Gasteiger partial charge < -0.3 is 15.0 Å². The van der Waals surface area contributed by atoms with Gasteiger partial charge >= 0.3 is 6.03 Å². The predicted molar refractivity (Wildman–Crippen MR) is 78.3 cm³/mol. The minimum absolute atomic E-state index is 0.119. The fourth-order valence-electron chi connectivity index (χ4n) is 2.31. The van der Waals surface area contributed by atoms with Gasteiger partial charge in [-0.3, -0.25) is 0 Å². The van der Waals surface area contributed by atoms with Gasteiger partial charge in [-0.15, -0.1) is 0 Å². The molecule has 0 spiro atoms. The van der Waals surface area contributed by atoms with Crippen molar-refractivity contribution in [2.75, 3.05) is 32.8 Å². The Balaban J connectivity index is 2.28. The smallest absolute Gasteiger partial charge is 0.317 e. The molecule has 1 heterocycles. The molecule has 0 aromatic carbocycles. The Hall–Kier alpha value is -0.770. The van der Waals surface area contributed by atoms with E-state index in [2.05, 4.69) is 19.2 Å². The summed E-state index contributed by atoms with van der Waals surface area (Å²) >= 11 is 0. The minimum atomic E-state index is 0.119. The van der Waals surface area contributed by atoms with Crippen LogP contribution in [0.5, 0.6) is 0 Å². The molecule has 0 bridgehead atoms. The fourth-order valence-corrected chi connectivity index (χ4v) is 2.31. The molecule has 19 heavy (non-hydrogen) atoms. The van der Waals surface area contributed by atoms with E-state index in [1.54, 1.807) is 0 Å². The Morgan fingerprint density at radius 3 is 2.26 bits per heavy atom. The van der Waals surface area contributed by atoms with Crippen LogP contribution in [0.25, 0.3) is 0 Å². The summed E-state index contributed by atoms with van der Waals surface area (Å²) in [5.41, 5.74) is 0. The topological polar surface area (TPSA) is 41.6 Å². The zero-order valence-corrected chi connectivity index (χ0v) is 12.6. The molecule has 0 aromatic rings. The molecule has 1 saturated heterocycles. The average molecular weight is 270 g/mol. The van der Waals surface area contributed by atoms with Gasteiger partial charge in [0.15, 0.2) is 0 Å². The van der Waals surface area contributed by atoms with Crippen LogP contribution < -0.4 is 5.32 Å².